The molecule has 58 valence electrons. The molecule has 0 unspecified atom stereocenters. The second-order valence-electron chi connectivity index (χ2n) is 1.95. The first-order valence-corrected chi connectivity index (χ1v) is 2.90. The second-order valence-corrected chi connectivity index (χ2v) is 1.95. The van der Waals surface area contributed by atoms with Gasteiger partial charge >= 0.3 is 0 Å². The Hall–Kier alpha value is -1.58. The molecule has 3 nitrogen and oxygen atoms in total. The third-order valence-corrected chi connectivity index (χ3v) is 1.18. The van der Waals surface area contributed by atoms with E-state index in [1.807, 2.05) is 0 Å². The maximum absolute atomic E-state index is 12.7. The normalized spacial score (nSPS) is 10.6. The fourth-order valence-corrected chi connectivity index (χ4v) is 0.683. The maximum Gasteiger partial charge on any atom is 0.135 e. The van der Waals surface area contributed by atoms with Gasteiger partial charge in [0.1, 0.15) is 11.6 Å². The van der Waals surface area contributed by atoms with E-state index in [1.165, 1.54) is 12.1 Å². The van der Waals surface area contributed by atoms with Crippen LogP contribution >= 0.6 is 0 Å². The van der Waals surface area contributed by atoms with Crippen LogP contribution < -0.4 is 0 Å². The van der Waals surface area contributed by atoms with Crippen molar-refractivity contribution >= 4 is 6.21 Å². The lowest BCUT2D eigenvalue weighted by molar-refractivity contribution is 0.321. The first kappa shape index (κ1) is 7.53. The summed E-state index contributed by atoms with van der Waals surface area (Å²) in [6, 6.07) is 3.56. The van der Waals surface area contributed by atoms with E-state index >= 15 is 0 Å². The number of oxime groups is 1. The van der Waals surface area contributed by atoms with Crippen LogP contribution in [-0.4, -0.2) is 16.5 Å². The van der Waals surface area contributed by atoms with Crippen molar-refractivity contribution in [2.24, 2.45) is 5.16 Å². The monoisotopic (exact) mass is 155 g/mol. The SMILES string of the molecule is ON=Cc1ccc(O)cc1F. The van der Waals surface area contributed by atoms with Gasteiger partial charge in [0.15, 0.2) is 0 Å². The molecule has 0 heterocycles. The van der Waals surface area contributed by atoms with E-state index in [0.717, 1.165) is 12.3 Å². The highest BCUT2D eigenvalue weighted by Gasteiger charge is 1.99. The topological polar surface area (TPSA) is 52.8 Å². The Morgan fingerprint density at radius 2 is 2.18 bits per heavy atom. The molecule has 4 heteroatoms. The molecule has 0 saturated carbocycles. The Morgan fingerprint density at radius 1 is 1.45 bits per heavy atom. The number of phenols is 1. The van der Waals surface area contributed by atoms with Crippen molar-refractivity contribution in [3.8, 4) is 5.75 Å². The molecule has 0 aliphatic rings. The maximum atomic E-state index is 12.7. The highest BCUT2D eigenvalue weighted by atomic mass is 19.1. The molecule has 0 bridgehead atoms. The van der Waals surface area contributed by atoms with Crippen molar-refractivity contribution in [3.63, 3.8) is 0 Å². The van der Waals surface area contributed by atoms with Gasteiger partial charge in [0, 0.05) is 11.6 Å². The van der Waals surface area contributed by atoms with Gasteiger partial charge in [-0.2, -0.15) is 0 Å². The summed E-state index contributed by atoms with van der Waals surface area (Å²) in [7, 11) is 0. The zero-order valence-electron chi connectivity index (χ0n) is 5.53. The third-order valence-electron chi connectivity index (χ3n) is 1.18. The molecule has 0 amide bonds. The van der Waals surface area contributed by atoms with Crippen LogP contribution in [0.2, 0.25) is 0 Å². The minimum atomic E-state index is -0.622. The summed E-state index contributed by atoms with van der Waals surface area (Å²) >= 11 is 0. The van der Waals surface area contributed by atoms with Gasteiger partial charge in [0.2, 0.25) is 0 Å². The molecule has 0 aliphatic carbocycles. The van der Waals surface area contributed by atoms with E-state index < -0.39 is 5.82 Å². The molecule has 0 saturated heterocycles. The highest BCUT2D eigenvalue weighted by molar-refractivity contribution is 5.79. The van der Waals surface area contributed by atoms with Crippen molar-refractivity contribution in [2.45, 2.75) is 0 Å². The molecule has 1 aromatic rings. The van der Waals surface area contributed by atoms with E-state index in [0.29, 0.717) is 0 Å². The van der Waals surface area contributed by atoms with Gasteiger partial charge in [0.05, 0.1) is 6.21 Å². The van der Waals surface area contributed by atoms with Crippen molar-refractivity contribution in [1.29, 1.82) is 0 Å². The molecule has 0 atom stereocenters. The lowest BCUT2D eigenvalue weighted by Crippen LogP contribution is -1.86. The third kappa shape index (κ3) is 1.67. The zero-order valence-corrected chi connectivity index (χ0v) is 5.53. The van der Waals surface area contributed by atoms with E-state index in [1.54, 1.807) is 0 Å². The lowest BCUT2D eigenvalue weighted by atomic mass is 10.2. The number of hydrogen-bond donors (Lipinski definition) is 2. The predicted octanol–water partition coefficient (Wildman–Crippen LogP) is 1.34. The van der Waals surface area contributed by atoms with Crippen molar-refractivity contribution in [1.82, 2.24) is 0 Å². The van der Waals surface area contributed by atoms with Gasteiger partial charge in [-0.05, 0) is 12.1 Å². The average Bonchev–Trinajstić information content (AvgIpc) is 1.95. The molecule has 0 spiro atoms. The van der Waals surface area contributed by atoms with Crippen molar-refractivity contribution < 1.29 is 14.7 Å². The summed E-state index contributed by atoms with van der Waals surface area (Å²) in [5, 5.41) is 19.5. The number of aromatic hydroxyl groups is 1. The number of phenolic OH excluding ortho intramolecular Hbond substituents is 1. The van der Waals surface area contributed by atoms with Gasteiger partial charge in [-0.1, -0.05) is 5.16 Å². The van der Waals surface area contributed by atoms with Crippen LogP contribution in [0.25, 0.3) is 0 Å². The van der Waals surface area contributed by atoms with Crippen LogP contribution in [-0.2, 0) is 0 Å². The van der Waals surface area contributed by atoms with Crippen molar-refractivity contribution in [3.05, 3.63) is 29.6 Å². The van der Waals surface area contributed by atoms with E-state index in [4.69, 9.17) is 10.3 Å². The number of nitrogens with zero attached hydrogens (tertiary/aromatic N) is 1. The highest BCUT2D eigenvalue weighted by Crippen LogP contribution is 2.12. The van der Waals surface area contributed by atoms with Crippen LogP contribution in [0.15, 0.2) is 23.4 Å². The summed E-state index contributed by atoms with van der Waals surface area (Å²) < 4.78 is 12.7. The summed E-state index contributed by atoms with van der Waals surface area (Å²) in [5.41, 5.74) is 0.130. The van der Waals surface area contributed by atoms with E-state index in [2.05, 4.69) is 5.16 Å². The minimum Gasteiger partial charge on any atom is -0.508 e. The minimum absolute atomic E-state index is 0.130. The largest absolute Gasteiger partial charge is 0.508 e. The second kappa shape index (κ2) is 3.01. The number of benzene rings is 1. The Kier molecular flexibility index (Phi) is 2.06. The Bertz CT molecular complexity index is 286. The molecule has 0 aromatic heterocycles. The first-order chi connectivity index (χ1) is 5.24. The van der Waals surface area contributed by atoms with Gasteiger partial charge in [-0.25, -0.2) is 4.39 Å². The quantitative estimate of drug-likeness (QED) is 0.365. The average molecular weight is 155 g/mol. The smallest absolute Gasteiger partial charge is 0.135 e. The van der Waals surface area contributed by atoms with Gasteiger partial charge in [0.25, 0.3) is 0 Å². The van der Waals surface area contributed by atoms with Gasteiger partial charge in [-0.15, -0.1) is 0 Å². The fourth-order valence-electron chi connectivity index (χ4n) is 0.683. The lowest BCUT2D eigenvalue weighted by Gasteiger charge is -1.94. The summed E-state index contributed by atoms with van der Waals surface area (Å²) in [6.45, 7) is 0. The standard InChI is InChI=1S/C7H6FNO2/c8-7-3-6(10)2-1-5(7)4-9-11/h1-4,10-11H. The number of hydrogen-bond acceptors (Lipinski definition) is 3. The van der Waals surface area contributed by atoms with Crippen molar-refractivity contribution in [2.75, 3.05) is 0 Å². The molecule has 1 aromatic carbocycles. The molecule has 1 rings (SSSR count). The molecule has 0 aliphatic heterocycles. The summed E-state index contributed by atoms with van der Waals surface area (Å²) in [4.78, 5) is 0. The van der Waals surface area contributed by atoms with Gasteiger partial charge in [-0.3, -0.25) is 0 Å². The molecule has 0 fully saturated rings. The number of rotatable bonds is 1. The molecule has 2 N–H and O–H groups in total. The molecule has 0 radical (unpaired) electrons. The van der Waals surface area contributed by atoms with E-state index in [-0.39, 0.29) is 11.3 Å². The summed E-state index contributed by atoms with van der Waals surface area (Å²) in [5.74, 6) is -0.777. The van der Waals surface area contributed by atoms with Crippen LogP contribution in [0.5, 0.6) is 5.75 Å². The fraction of sp³-hybridized carbons (Fsp3) is 0. The molecular formula is C7H6FNO2. The Morgan fingerprint density at radius 3 is 2.73 bits per heavy atom. The van der Waals surface area contributed by atoms with Crippen LogP contribution in [0.4, 0.5) is 4.39 Å². The first-order valence-electron chi connectivity index (χ1n) is 2.90. The molecular weight excluding hydrogens is 149 g/mol. The zero-order chi connectivity index (χ0) is 8.27. The summed E-state index contributed by atoms with van der Waals surface area (Å²) in [6.07, 6.45) is 0.953. The Balaban J connectivity index is 3.09. The van der Waals surface area contributed by atoms with E-state index in [9.17, 15) is 4.39 Å². The Labute approximate surface area is 62.4 Å². The van der Waals surface area contributed by atoms with Gasteiger partial charge < -0.3 is 10.3 Å². The van der Waals surface area contributed by atoms with Crippen LogP contribution in [0, 0.1) is 5.82 Å². The molecule has 11 heavy (non-hydrogen) atoms. The van der Waals surface area contributed by atoms with Crippen LogP contribution in [0.3, 0.4) is 0 Å². The predicted molar refractivity (Wildman–Crippen MR) is 37.4 cm³/mol. The number of halogens is 1. The van der Waals surface area contributed by atoms with Crippen LogP contribution in [0.1, 0.15) is 5.56 Å².